The summed E-state index contributed by atoms with van der Waals surface area (Å²) >= 11 is 0. The molecule has 3 aromatic rings. The van der Waals surface area contributed by atoms with Crippen LogP contribution in [0, 0.1) is 0 Å². The highest BCUT2D eigenvalue weighted by molar-refractivity contribution is 5.94. The molecule has 7 heteroatoms. The van der Waals surface area contributed by atoms with Gasteiger partial charge in [-0.25, -0.2) is 9.78 Å². The first-order valence-electron chi connectivity index (χ1n) is 10.3. The Morgan fingerprint density at radius 2 is 1.83 bits per heavy atom. The fourth-order valence-electron chi connectivity index (χ4n) is 3.94. The van der Waals surface area contributed by atoms with E-state index in [1.807, 2.05) is 58.1 Å². The molecule has 0 unspecified atom stereocenters. The number of rotatable bonds is 4. The number of nitrogens with one attached hydrogen (secondary N) is 1. The maximum absolute atomic E-state index is 12.5. The van der Waals surface area contributed by atoms with E-state index in [0.29, 0.717) is 18.0 Å². The molecule has 0 bridgehead atoms. The predicted molar refractivity (Wildman–Crippen MR) is 115 cm³/mol. The Kier molecular flexibility index (Phi) is 5.70. The van der Waals surface area contributed by atoms with Gasteiger partial charge in [0.2, 0.25) is 0 Å². The minimum Gasteiger partial charge on any atom is -0.348 e. The number of carbonyl (C=O) groups is 2. The molecule has 1 aromatic carbocycles. The van der Waals surface area contributed by atoms with Gasteiger partial charge in [0.1, 0.15) is 5.65 Å². The van der Waals surface area contributed by atoms with Crippen molar-refractivity contribution in [2.75, 3.05) is 27.2 Å². The van der Waals surface area contributed by atoms with Crippen molar-refractivity contribution in [1.29, 1.82) is 0 Å². The number of piperidine rings is 1. The van der Waals surface area contributed by atoms with Crippen LogP contribution in [0.15, 0.2) is 55.0 Å². The minimum absolute atomic E-state index is 0.0763. The van der Waals surface area contributed by atoms with E-state index in [4.69, 9.17) is 0 Å². The molecular weight excluding hydrogens is 378 g/mol. The van der Waals surface area contributed by atoms with Crippen molar-refractivity contribution in [1.82, 2.24) is 24.5 Å². The Hall–Kier alpha value is -3.35. The Labute approximate surface area is 176 Å². The van der Waals surface area contributed by atoms with Crippen LogP contribution in [0.4, 0.5) is 4.79 Å². The molecule has 156 valence electrons. The summed E-state index contributed by atoms with van der Waals surface area (Å²) in [7, 11) is 3.57. The molecule has 0 spiro atoms. The summed E-state index contributed by atoms with van der Waals surface area (Å²) in [6, 6.07) is 11.9. The zero-order chi connectivity index (χ0) is 21.1. The number of hydrogen-bond donors (Lipinski definition) is 1. The number of urea groups is 1. The number of likely N-dealkylation sites (tertiary alicyclic amines) is 1. The number of hydrogen-bond acceptors (Lipinski definition) is 3. The Bertz CT molecular complexity index is 1030. The van der Waals surface area contributed by atoms with E-state index in [2.05, 4.69) is 10.3 Å². The van der Waals surface area contributed by atoms with Crippen molar-refractivity contribution in [2.24, 2.45) is 0 Å². The first kappa shape index (κ1) is 19.9. The Morgan fingerprint density at radius 1 is 1.10 bits per heavy atom. The van der Waals surface area contributed by atoms with Crippen LogP contribution in [-0.2, 0) is 6.54 Å². The summed E-state index contributed by atoms with van der Waals surface area (Å²) < 4.78 is 1.94. The first-order valence-corrected chi connectivity index (χ1v) is 10.3. The molecule has 1 saturated heterocycles. The normalized spacial score (nSPS) is 14.7. The lowest BCUT2D eigenvalue weighted by Gasteiger charge is -2.33. The number of nitrogens with zero attached hydrogens (tertiary/aromatic N) is 4. The van der Waals surface area contributed by atoms with Crippen LogP contribution in [0.3, 0.4) is 0 Å². The average molecular weight is 406 g/mol. The number of carbonyl (C=O) groups excluding carboxylic acids is 2. The van der Waals surface area contributed by atoms with Gasteiger partial charge in [0.15, 0.2) is 0 Å². The second-order valence-corrected chi connectivity index (χ2v) is 7.97. The van der Waals surface area contributed by atoms with Crippen molar-refractivity contribution in [3.8, 4) is 0 Å². The van der Waals surface area contributed by atoms with Crippen LogP contribution in [-0.4, -0.2) is 58.3 Å². The van der Waals surface area contributed by atoms with Crippen LogP contribution in [0.25, 0.3) is 5.65 Å². The van der Waals surface area contributed by atoms with Crippen molar-refractivity contribution in [2.45, 2.75) is 25.3 Å². The van der Waals surface area contributed by atoms with Crippen LogP contribution in [0.1, 0.15) is 40.2 Å². The number of aromatic nitrogens is 2. The number of pyridine rings is 1. The van der Waals surface area contributed by atoms with E-state index >= 15 is 0 Å². The second kappa shape index (κ2) is 8.57. The summed E-state index contributed by atoms with van der Waals surface area (Å²) in [6.45, 7) is 2.00. The van der Waals surface area contributed by atoms with E-state index in [-0.39, 0.29) is 11.9 Å². The average Bonchev–Trinajstić information content (AvgIpc) is 3.25. The number of amides is 3. The maximum atomic E-state index is 12.5. The van der Waals surface area contributed by atoms with Gasteiger partial charge in [0, 0.05) is 57.9 Å². The number of imidazole rings is 1. The van der Waals surface area contributed by atoms with Crippen LogP contribution < -0.4 is 5.32 Å². The lowest BCUT2D eigenvalue weighted by atomic mass is 9.89. The third-order valence-electron chi connectivity index (χ3n) is 5.71. The van der Waals surface area contributed by atoms with Gasteiger partial charge in [0.05, 0.1) is 0 Å². The molecule has 0 radical (unpaired) electrons. The third-order valence-corrected chi connectivity index (χ3v) is 5.71. The Morgan fingerprint density at radius 3 is 2.53 bits per heavy atom. The van der Waals surface area contributed by atoms with Gasteiger partial charge in [-0.1, -0.05) is 12.1 Å². The van der Waals surface area contributed by atoms with Crippen LogP contribution >= 0.6 is 0 Å². The largest absolute Gasteiger partial charge is 0.348 e. The lowest BCUT2D eigenvalue weighted by molar-refractivity contribution is 0.0950. The van der Waals surface area contributed by atoms with Crippen molar-refractivity contribution in [3.63, 3.8) is 0 Å². The summed E-state index contributed by atoms with van der Waals surface area (Å²) in [6.07, 6.45) is 7.48. The van der Waals surface area contributed by atoms with E-state index in [1.54, 1.807) is 25.2 Å². The fraction of sp³-hybridized carbons (Fsp3) is 0.348. The zero-order valence-corrected chi connectivity index (χ0v) is 17.4. The molecule has 4 rings (SSSR count). The highest BCUT2D eigenvalue weighted by Gasteiger charge is 2.24. The molecular formula is C23H27N5O2. The third kappa shape index (κ3) is 4.30. The van der Waals surface area contributed by atoms with E-state index in [1.165, 1.54) is 5.56 Å². The maximum Gasteiger partial charge on any atom is 0.319 e. The monoisotopic (exact) mass is 405 g/mol. The molecule has 0 aliphatic carbocycles. The molecule has 7 nitrogen and oxygen atoms in total. The quantitative estimate of drug-likeness (QED) is 0.725. The van der Waals surface area contributed by atoms with Gasteiger partial charge < -0.3 is 19.5 Å². The molecule has 30 heavy (non-hydrogen) atoms. The van der Waals surface area contributed by atoms with Gasteiger partial charge >= 0.3 is 6.03 Å². The Balaban J connectivity index is 1.31. The van der Waals surface area contributed by atoms with Crippen molar-refractivity contribution < 1.29 is 9.59 Å². The summed E-state index contributed by atoms with van der Waals surface area (Å²) in [5.74, 6) is 0.339. The lowest BCUT2D eigenvalue weighted by Crippen LogP contribution is -2.43. The molecule has 0 saturated carbocycles. The molecule has 0 atom stereocenters. The predicted octanol–water partition coefficient (Wildman–Crippen LogP) is 3.13. The number of benzene rings is 1. The molecule has 3 amide bonds. The molecule has 3 heterocycles. The zero-order valence-electron chi connectivity index (χ0n) is 17.4. The smallest absolute Gasteiger partial charge is 0.319 e. The second-order valence-electron chi connectivity index (χ2n) is 7.97. The SMILES string of the molecule is CN(C)C(=O)N1CCC(c2ccc(C(=O)NCc3ccn4ccnc4c3)cc2)CC1. The highest BCUT2D eigenvalue weighted by atomic mass is 16.2. The van der Waals surface area contributed by atoms with Gasteiger partial charge in [-0.3, -0.25) is 4.79 Å². The standard InChI is InChI=1S/C23H27N5O2/c1-26(2)23(30)28-12-8-19(9-13-28)18-3-5-20(6-4-18)22(29)25-16-17-7-11-27-14-10-24-21(27)15-17/h3-7,10-11,14-15,19H,8-9,12-13,16H2,1-2H3,(H,25,29). The fourth-order valence-corrected chi connectivity index (χ4v) is 3.94. The first-order chi connectivity index (χ1) is 14.5. The molecule has 1 aliphatic rings. The molecule has 1 aliphatic heterocycles. The summed E-state index contributed by atoms with van der Waals surface area (Å²) in [4.78, 5) is 32.4. The van der Waals surface area contributed by atoms with Gasteiger partial charge in [-0.15, -0.1) is 0 Å². The summed E-state index contributed by atoms with van der Waals surface area (Å²) in [5, 5.41) is 2.98. The molecule has 2 aromatic heterocycles. The van der Waals surface area contributed by atoms with Crippen LogP contribution in [0.2, 0.25) is 0 Å². The van der Waals surface area contributed by atoms with E-state index in [0.717, 1.165) is 37.1 Å². The van der Waals surface area contributed by atoms with Crippen LogP contribution in [0.5, 0.6) is 0 Å². The van der Waals surface area contributed by atoms with E-state index in [9.17, 15) is 9.59 Å². The minimum atomic E-state index is -0.0869. The van der Waals surface area contributed by atoms with Crippen molar-refractivity contribution >= 4 is 17.6 Å². The highest BCUT2D eigenvalue weighted by Crippen LogP contribution is 2.28. The van der Waals surface area contributed by atoms with Crippen molar-refractivity contribution in [3.05, 3.63) is 71.7 Å². The summed E-state index contributed by atoms with van der Waals surface area (Å²) in [5.41, 5.74) is 3.76. The van der Waals surface area contributed by atoms with Gasteiger partial charge in [-0.2, -0.15) is 0 Å². The van der Waals surface area contributed by atoms with Gasteiger partial charge in [0.25, 0.3) is 5.91 Å². The number of fused-ring (bicyclic) bond motifs is 1. The topological polar surface area (TPSA) is 70.0 Å². The molecule has 1 N–H and O–H groups in total. The molecule has 1 fully saturated rings. The van der Waals surface area contributed by atoms with E-state index < -0.39 is 0 Å². The van der Waals surface area contributed by atoms with Gasteiger partial charge in [-0.05, 0) is 54.2 Å².